The Hall–Kier alpha value is -1.55. The first-order chi connectivity index (χ1) is 8.69. The SMILES string of the molecule is CCCOc1cccc(CN2CC(C(=O)O)C2)c1. The Balaban J connectivity index is 1.85. The normalized spacial score (nSPS) is 16.3. The minimum absolute atomic E-state index is 0.190. The summed E-state index contributed by atoms with van der Waals surface area (Å²) in [5, 5.41) is 8.81. The number of carbonyl (C=O) groups is 1. The Bertz CT molecular complexity index is 413. The monoisotopic (exact) mass is 249 g/mol. The van der Waals surface area contributed by atoms with Crippen LogP contribution in [0.2, 0.25) is 0 Å². The first-order valence-corrected chi connectivity index (χ1v) is 6.36. The molecule has 1 aromatic rings. The van der Waals surface area contributed by atoms with Crippen molar-refractivity contribution in [2.24, 2.45) is 5.92 Å². The van der Waals surface area contributed by atoms with Gasteiger partial charge in [0, 0.05) is 19.6 Å². The fraction of sp³-hybridized carbons (Fsp3) is 0.500. The number of benzene rings is 1. The topological polar surface area (TPSA) is 49.8 Å². The third-order valence-corrected chi connectivity index (χ3v) is 3.08. The Morgan fingerprint density at radius 3 is 2.94 bits per heavy atom. The van der Waals surface area contributed by atoms with Gasteiger partial charge in [0.25, 0.3) is 0 Å². The van der Waals surface area contributed by atoms with Crippen LogP contribution in [0.25, 0.3) is 0 Å². The van der Waals surface area contributed by atoms with Crippen LogP contribution < -0.4 is 4.74 Å². The molecule has 18 heavy (non-hydrogen) atoms. The fourth-order valence-electron chi connectivity index (χ4n) is 2.07. The minimum Gasteiger partial charge on any atom is -0.494 e. The number of hydrogen-bond acceptors (Lipinski definition) is 3. The summed E-state index contributed by atoms with van der Waals surface area (Å²) in [5.41, 5.74) is 1.17. The molecule has 1 aliphatic rings. The van der Waals surface area contributed by atoms with Crippen molar-refractivity contribution in [2.75, 3.05) is 19.7 Å². The van der Waals surface area contributed by atoms with E-state index in [0.29, 0.717) is 13.1 Å². The molecular weight excluding hydrogens is 230 g/mol. The number of carboxylic acids is 1. The van der Waals surface area contributed by atoms with Gasteiger partial charge >= 0.3 is 5.97 Å². The van der Waals surface area contributed by atoms with Gasteiger partial charge < -0.3 is 9.84 Å². The van der Waals surface area contributed by atoms with Gasteiger partial charge in [-0.25, -0.2) is 0 Å². The van der Waals surface area contributed by atoms with Crippen LogP contribution in [0.4, 0.5) is 0 Å². The van der Waals surface area contributed by atoms with Gasteiger partial charge in [0.2, 0.25) is 0 Å². The Morgan fingerprint density at radius 1 is 1.50 bits per heavy atom. The van der Waals surface area contributed by atoms with Crippen LogP contribution in [-0.2, 0) is 11.3 Å². The highest BCUT2D eigenvalue weighted by Crippen LogP contribution is 2.21. The molecule has 0 bridgehead atoms. The van der Waals surface area contributed by atoms with E-state index in [1.807, 2.05) is 24.3 Å². The Labute approximate surface area is 107 Å². The van der Waals surface area contributed by atoms with Crippen LogP contribution in [0, 0.1) is 5.92 Å². The quantitative estimate of drug-likeness (QED) is 0.837. The highest BCUT2D eigenvalue weighted by atomic mass is 16.5. The molecule has 0 spiro atoms. The minimum atomic E-state index is -0.689. The number of ether oxygens (including phenoxy) is 1. The number of aliphatic carboxylic acids is 1. The zero-order valence-electron chi connectivity index (χ0n) is 10.6. The lowest BCUT2D eigenvalue weighted by molar-refractivity contribution is -0.147. The average molecular weight is 249 g/mol. The zero-order valence-corrected chi connectivity index (χ0v) is 10.6. The molecule has 0 radical (unpaired) electrons. The van der Waals surface area contributed by atoms with Crippen LogP contribution in [0.1, 0.15) is 18.9 Å². The van der Waals surface area contributed by atoms with E-state index < -0.39 is 5.97 Å². The van der Waals surface area contributed by atoms with E-state index in [-0.39, 0.29) is 5.92 Å². The predicted octanol–water partition coefficient (Wildman–Crippen LogP) is 1.99. The summed E-state index contributed by atoms with van der Waals surface area (Å²) in [6, 6.07) is 8.01. The van der Waals surface area contributed by atoms with Gasteiger partial charge in [0.05, 0.1) is 12.5 Å². The van der Waals surface area contributed by atoms with Gasteiger partial charge in [0.15, 0.2) is 0 Å². The summed E-state index contributed by atoms with van der Waals surface area (Å²) in [6.45, 7) is 4.90. The largest absolute Gasteiger partial charge is 0.494 e. The lowest BCUT2D eigenvalue weighted by Gasteiger charge is -2.36. The maximum atomic E-state index is 10.7. The second-order valence-corrected chi connectivity index (χ2v) is 4.73. The van der Waals surface area contributed by atoms with E-state index in [1.54, 1.807) is 0 Å². The second-order valence-electron chi connectivity index (χ2n) is 4.73. The lowest BCUT2D eigenvalue weighted by atomic mass is 9.99. The highest BCUT2D eigenvalue weighted by molar-refractivity contribution is 5.71. The van der Waals surface area contributed by atoms with Crippen LogP contribution in [0.3, 0.4) is 0 Å². The number of carboxylic acid groups (broad SMARTS) is 1. The first-order valence-electron chi connectivity index (χ1n) is 6.36. The first kappa shape index (κ1) is 12.9. The van der Waals surface area contributed by atoms with E-state index in [9.17, 15) is 4.79 Å². The maximum Gasteiger partial charge on any atom is 0.309 e. The van der Waals surface area contributed by atoms with Crippen LogP contribution >= 0.6 is 0 Å². The molecule has 0 atom stereocenters. The van der Waals surface area contributed by atoms with Crippen molar-refractivity contribution in [1.29, 1.82) is 0 Å². The van der Waals surface area contributed by atoms with Gasteiger partial charge in [-0.2, -0.15) is 0 Å². The third-order valence-electron chi connectivity index (χ3n) is 3.08. The summed E-state index contributed by atoms with van der Waals surface area (Å²) in [4.78, 5) is 12.8. The number of rotatable bonds is 6. The van der Waals surface area contributed by atoms with E-state index in [4.69, 9.17) is 9.84 Å². The Morgan fingerprint density at radius 2 is 2.28 bits per heavy atom. The number of likely N-dealkylation sites (tertiary alicyclic amines) is 1. The lowest BCUT2D eigenvalue weighted by Crippen LogP contribution is -2.49. The molecule has 0 unspecified atom stereocenters. The second kappa shape index (κ2) is 5.87. The summed E-state index contributed by atoms with van der Waals surface area (Å²) >= 11 is 0. The van der Waals surface area contributed by atoms with Gasteiger partial charge in [-0.05, 0) is 24.1 Å². The molecular formula is C14H19NO3. The predicted molar refractivity (Wildman–Crippen MR) is 68.6 cm³/mol. The molecule has 4 heteroatoms. The van der Waals surface area contributed by atoms with E-state index >= 15 is 0 Å². The zero-order chi connectivity index (χ0) is 13.0. The van der Waals surface area contributed by atoms with Crippen LogP contribution in [0.15, 0.2) is 24.3 Å². The molecule has 1 aliphatic heterocycles. The van der Waals surface area contributed by atoms with E-state index in [2.05, 4.69) is 11.8 Å². The Kier molecular flexibility index (Phi) is 4.20. The van der Waals surface area contributed by atoms with Gasteiger partial charge in [-0.1, -0.05) is 19.1 Å². The molecule has 0 saturated carbocycles. The molecule has 1 aromatic carbocycles. The number of hydrogen-bond donors (Lipinski definition) is 1. The van der Waals surface area contributed by atoms with Crippen LogP contribution in [-0.4, -0.2) is 35.7 Å². The van der Waals surface area contributed by atoms with Crippen LogP contribution in [0.5, 0.6) is 5.75 Å². The highest BCUT2D eigenvalue weighted by Gasteiger charge is 2.32. The molecule has 1 fully saturated rings. The van der Waals surface area contributed by atoms with Crippen molar-refractivity contribution >= 4 is 5.97 Å². The summed E-state index contributed by atoms with van der Waals surface area (Å²) < 4.78 is 5.58. The summed E-state index contributed by atoms with van der Waals surface area (Å²) in [6.07, 6.45) is 0.997. The molecule has 1 N–H and O–H groups in total. The molecule has 98 valence electrons. The molecule has 0 amide bonds. The molecule has 4 nitrogen and oxygen atoms in total. The average Bonchev–Trinajstić information content (AvgIpc) is 2.30. The molecule has 0 aliphatic carbocycles. The fourth-order valence-corrected chi connectivity index (χ4v) is 2.07. The summed E-state index contributed by atoms with van der Waals surface area (Å²) in [5.74, 6) is 0.0143. The standard InChI is InChI=1S/C14H19NO3/c1-2-6-18-13-5-3-4-11(7-13)8-15-9-12(10-15)14(16)17/h3-5,7,12H,2,6,8-10H2,1H3,(H,16,17). The molecule has 0 aromatic heterocycles. The van der Waals surface area contributed by atoms with E-state index in [0.717, 1.165) is 25.3 Å². The smallest absolute Gasteiger partial charge is 0.309 e. The summed E-state index contributed by atoms with van der Waals surface area (Å²) in [7, 11) is 0. The third kappa shape index (κ3) is 3.23. The van der Waals surface area contributed by atoms with Crippen molar-refractivity contribution in [3.63, 3.8) is 0 Å². The van der Waals surface area contributed by atoms with Crippen molar-refractivity contribution in [2.45, 2.75) is 19.9 Å². The van der Waals surface area contributed by atoms with Gasteiger partial charge in [-0.3, -0.25) is 9.69 Å². The maximum absolute atomic E-state index is 10.7. The molecule has 1 heterocycles. The van der Waals surface area contributed by atoms with Gasteiger partial charge in [-0.15, -0.1) is 0 Å². The van der Waals surface area contributed by atoms with Crippen molar-refractivity contribution in [3.8, 4) is 5.75 Å². The molecule has 2 rings (SSSR count). The van der Waals surface area contributed by atoms with E-state index in [1.165, 1.54) is 5.56 Å². The molecule has 1 saturated heterocycles. The van der Waals surface area contributed by atoms with Crippen molar-refractivity contribution < 1.29 is 14.6 Å². The van der Waals surface area contributed by atoms with Crippen molar-refractivity contribution in [3.05, 3.63) is 29.8 Å². The number of nitrogens with zero attached hydrogens (tertiary/aromatic N) is 1. The van der Waals surface area contributed by atoms with Crippen molar-refractivity contribution in [1.82, 2.24) is 4.90 Å². The van der Waals surface area contributed by atoms with Gasteiger partial charge in [0.1, 0.15) is 5.75 Å².